The molecule has 0 radical (unpaired) electrons. The molecule has 1 aliphatic carbocycles. The topological polar surface area (TPSA) is 121 Å². The van der Waals surface area contributed by atoms with Crippen LogP contribution in [0.1, 0.15) is 0 Å². The Bertz CT molecular complexity index is 263. The van der Waals surface area contributed by atoms with Crippen molar-refractivity contribution < 1.29 is 30.6 Å². The van der Waals surface area contributed by atoms with Crippen LogP contribution in [0.3, 0.4) is 0 Å². The molecule has 0 aromatic heterocycles. The maximum absolute atomic E-state index is 8.87. The molecule has 68 valence electrons. The van der Waals surface area contributed by atoms with E-state index in [1.54, 1.807) is 0 Å². The number of rotatable bonds is 0. The van der Waals surface area contributed by atoms with Crippen molar-refractivity contribution >= 4 is 0 Å². The van der Waals surface area contributed by atoms with Gasteiger partial charge in [-0.25, -0.2) is 0 Å². The molecule has 0 fully saturated rings. The Balaban J connectivity index is 3.15. The predicted octanol–water partition coefficient (Wildman–Crippen LogP) is -1.19. The van der Waals surface area contributed by atoms with Crippen LogP contribution in [0.4, 0.5) is 0 Å². The molecule has 0 saturated heterocycles. The summed E-state index contributed by atoms with van der Waals surface area (Å²) in [5.41, 5.74) is 0. The SMILES string of the molecule is OC1=CC(O)(O)C(O)C(O)=C1O. The van der Waals surface area contributed by atoms with E-state index in [1.807, 2.05) is 0 Å². The number of hydrogen-bond donors (Lipinski definition) is 6. The van der Waals surface area contributed by atoms with Crippen LogP contribution in [0.15, 0.2) is 23.4 Å². The molecule has 0 spiro atoms. The van der Waals surface area contributed by atoms with Gasteiger partial charge in [-0.15, -0.1) is 0 Å². The Morgan fingerprint density at radius 2 is 1.67 bits per heavy atom. The Labute approximate surface area is 66.9 Å². The van der Waals surface area contributed by atoms with E-state index in [-0.39, 0.29) is 0 Å². The van der Waals surface area contributed by atoms with E-state index >= 15 is 0 Å². The van der Waals surface area contributed by atoms with E-state index in [2.05, 4.69) is 0 Å². The summed E-state index contributed by atoms with van der Waals surface area (Å²) in [5.74, 6) is -5.72. The van der Waals surface area contributed by atoms with Crippen molar-refractivity contribution in [3.63, 3.8) is 0 Å². The molecule has 1 atom stereocenters. The third-order valence-corrected chi connectivity index (χ3v) is 1.50. The minimum atomic E-state index is -2.76. The number of aliphatic hydroxyl groups is 6. The highest BCUT2D eigenvalue weighted by molar-refractivity contribution is 5.31. The first-order valence-electron chi connectivity index (χ1n) is 3.03. The van der Waals surface area contributed by atoms with Crippen molar-refractivity contribution in [3.8, 4) is 0 Å². The second-order valence-corrected chi connectivity index (χ2v) is 2.45. The van der Waals surface area contributed by atoms with Crippen LogP contribution in [-0.4, -0.2) is 42.5 Å². The highest BCUT2D eigenvalue weighted by Crippen LogP contribution is 2.26. The van der Waals surface area contributed by atoms with Gasteiger partial charge in [0.25, 0.3) is 0 Å². The molecule has 6 nitrogen and oxygen atoms in total. The van der Waals surface area contributed by atoms with Crippen LogP contribution in [0, 0.1) is 0 Å². The highest BCUT2D eigenvalue weighted by atomic mass is 16.5. The van der Waals surface area contributed by atoms with Crippen LogP contribution in [-0.2, 0) is 0 Å². The molecular weight excluding hydrogens is 168 g/mol. The average Bonchev–Trinajstić information content (AvgIpc) is 1.97. The lowest BCUT2D eigenvalue weighted by atomic mass is 10.0. The zero-order chi connectivity index (χ0) is 9.52. The number of hydrogen-bond acceptors (Lipinski definition) is 6. The van der Waals surface area contributed by atoms with Gasteiger partial charge in [0.2, 0.25) is 5.79 Å². The van der Waals surface area contributed by atoms with Crippen LogP contribution in [0.25, 0.3) is 0 Å². The Morgan fingerprint density at radius 3 is 2.17 bits per heavy atom. The van der Waals surface area contributed by atoms with Gasteiger partial charge in [0.05, 0.1) is 0 Å². The second kappa shape index (κ2) is 2.37. The lowest BCUT2D eigenvalue weighted by Gasteiger charge is -2.27. The highest BCUT2D eigenvalue weighted by Gasteiger charge is 2.41. The van der Waals surface area contributed by atoms with Gasteiger partial charge in [-0.05, 0) is 0 Å². The van der Waals surface area contributed by atoms with E-state index in [0.717, 1.165) is 0 Å². The van der Waals surface area contributed by atoms with E-state index in [0.29, 0.717) is 6.08 Å². The van der Waals surface area contributed by atoms with Gasteiger partial charge in [-0.2, -0.15) is 0 Å². The summed E-state index contributed by atoms with van der Waals surface area (Å²) in [6, 6.07) is 0. The van der Waals surface area contributed by atoms with Crippen molar-refractivity contribution in [2.45, 2.75) is 11.9 Å². The van der Waals surface area contributed by atoms with Gasteiger partial charge in [-0.1, -0.05) is 0 Å². The fourth-order valence-electron chi connectivity index (χ4n) is 0.810. The lowest BCUT2D eigenvalue weighted by Crippen LogP contribution is -2.44. The summed E-state index contributed by atoms with van der Waals surface area (Å²) in [7, 11) is 0. The Kier molecular flexibility index (Phi) is 1.75. The smallest absolute Gasteiger partial charge is 0.221 e. The fraction of sp³-hybridized carbons (Fsp3) is 0.333. The summed E-state index contributed by atoms with van der Waals surface area (Å²) in [6.45, 7) is 0. The average molecular weight is 176 g/mol. The summed E-state index contributed by atoms with van der Waals surface area (Å²) < 4.78 is 0. The maximum Gasteiger partial charge on any atom is 0.221 e. The molecule has 1 unspecified atom stereocenters. The Morgan fingerprint density at radius 1 is 1.17 bits per heavy atom. The minimum absolute atomic E-state index is 0.409. The molecule has 0 aromatic rings. The van der Waals surface area contributed by atoms with Crippen molar-refractivity contribution in [1.29, 1.82) is 0 Å². The normalized spacial score (nSPS) is 28.6. The first-order chi connectivity index (χ1) is 5.36. The zero-order valence-electron chi connectivity index (χ0n) is 5.84. The standard InChI is InChI=1S/C6H8O6/c7-2-1-6(11,12)5(10)4(9)3(2)8/h1,5,7-12H. The van der Waals surface area contributed by atoms with Gasteiger partial charge in [0.1, 0.15) is 0 Å². The van der Waals surface area contributed by atoms with E-state index in [1.165, 1.54) is 0 Å². The summed E-state index contributed by atoms with van der Waals surface area (Å²) >= 11 is 0. The molecule has 0 heterocycles. The first-order valence-corrected chi connectivity index (χ1v) is 3.03. The van der Waals surface area contributed by atoms with Crippen molar-refractivity contribution in [3.05, 3.63) is 23.4 Å². The van der Waals surface area contributed by atoms with Gasteiger partial charge < -0.3 is 30.6 Å². The third kappa shape index (κ3) is 1.11. The Hall–Kier alpha value is -1.24. The van der Waals surface area contributed by atoms with Crippen LogP contribution >= 0.6 is 0 Å². The predicted molar refractivity (Wildman–Crippen MR) is 36.2 cm³/mol. The molecule has 0 saturated carbocycles. The van der Waals surface area contributed by atoms with Crippen LogP contribution in [0.5, 0.6) is 0 Å². The van der Waals surface area contributed by atoms with Crippen LogP contribution < -0.4 is 0 Å². The summed E-state index contributed by atoms with van der Waals surface area (Å²) in [5, 5.41) is 53.0. The van der Waals surface area contributed by atoms with E-state index in [9.17, 15) is 0 Å². The minimum Gasteiger partial charge on any atom is -0.506 e. The molecule has 1 aliphatic rings. The van der Waals surface area contributed by atoms with Crippen LogP contribution in [0.2, 0.25) is 0 Å². The van der Waals surface area contributed by atoms with Gasteiger partial charge >= 0.3 is 0 Å². The molecule has 0 aliphatic heterocycles. The van der Waals surface area contributed by atoms with E-state index < -0.39 is 29.2 Å². The first kappa shape index (κ1) is 8.85. The van der Waals surface area contributed by atoms with Crippen molar-refractivity contribution in [2.24, 2.45) is 0 Å². The van der Waals surface area contributed by atoms with E-state index in [4.69, 9.17) is 30.6 Å². The molecule has 0 amide bonds. The summed E-state index contributed by atoms with van der Waals surface area (Å²) in [4.78, 5) is 0. The second-order valence-electron chi connectivity index (χ2n) is 2.45. The van der Waals surface area contributed by atoms with Gasteiger partial charge in [0, 0.05) is 6.08 Å². The zero-order valence-corrected chi connectivity index (χ0v) is 5.84. The third-order valence-electron chi connectivity index (χ3n) is 1.50. The quantitative estimate of drug-likeness (QED) is 0.258. The van der Waals surface area contributed by atoms with Crippen molar-refractivity contribution in [2.75, 3.05) is 0 Å². The molecule has 6 N–H and O–H groups in total. The molecule has 1 rings (SSSR count). The maximum atomic E-state index is 8.87. The monoisotopic (exact) mass is 176 g/mol. The van der Waals surface area contributed by atoms with Crippen molar-refractivity contribution in [1.82, 2.24) is 0 Å². The lowest BCUT2D eigenvalue weighted by molar-refractivity contribution is -0.189. The largest absolute Gasteiger partial charge is 0.506 e. The van der Waals surface area contributed by atoms with Gasteiger partial charge in [-0.3, -0.25) is 0 Å². The molecular formula is C6H8O6. The molecule has 0 aromatic carbocycles. The molecule has 12 heavy (non-hydrogen) atoms. The number of aliphatic hydroxyl groups excluding tert-OH is 4. The van der Waals surface area contributed by atoms with Gasteiger partial charge in [0.15, 0.2) is 23.4 Å². The fourth-order valence-corrected chi connectivity index (χ4v) is 0.810. The summed E-state index contributed by atoms with van der Waals surface area (Å²) in [6.07, 6.45) is -1.65. The molecule has 0 bridgehead atoms. The molecule has 6 heteroatoms.